The highest BCUT2D eigenvalue weighted by atomic mass is 35.5. The Morgan fingerprint density at radius 1 is 1.12 bits per heavy atom. The summed E-state index contributed by atoms with van der Waals surface area (Å²) in [7, 11) is 0. The van der Waals surface area contributed by atoms with Crippen LogP contribution >= 0.6 is 23.2 Å². The van der Waals surface area contributed by atoms with Crippen molar-refractivity contribution in [2.75, 3.05) is 6.61 Å². The van der Waals surface area contributed by atoms with Gasteiger partial charge in [0, 0.05) is 12.1 Å². The van der Waals surface area contributed by atoms with Crippen LogP contribution in [0.25, 0.3) is 0 Å². The Balaban J connectivity index is 1.65. The molecule has 2 saturated heterocycles. The number of hydrogen-bond donors (Lipinski definition) is 0. The minimum Gasteiger partial charge on any atom is -0.447 e. The molecule has 4 bridgehead atoms. The van der Waals surface area contributed by atoms with Gasteiger partial charge in [-0.2, -0.15) is 0 Å². The maximum atomic E-state index is 12.0. The van der Waals surface area contributed by atoms with E-state index in [1.54, 1.807) is 0 Å². The number of rotatable bonds is 2. The van der Waals surface area contributed by atoms with Crippen molar-refractivity contribution in [1.29, 1.82) is 0 Å². The van der Waals surface area contributed by atoms with Gasteiger partial charge in [0.15, 0.2) is 0 Å². The van der Waals surface area contributed by atoms with Gasteiger partial charge in [0.05, 0.1) is 0 Å². The molecule has 4 fully saturated rings. The lowest BCUT2D eigenvalue weighted by Gasteiger charge is -2.55. The summed E-state index contributed by atoms with van der Waals surface area (Å²) in [5.74, 6) is 1.69. The normalized spacial score (nSPS) is 38.9. The van der Waals surface area contributed by atoms with Crippen molar-refractivity contribution in [3.05, 3.63) is 0 Å². The van der Waals surface area contributed by atoms with Gasteiger partial charge in [-0.05, 0) is 43.9 Å². The predicted molar refractivity (Wildman–Crippen MR) is 66.3 cm³/mol. The lowest BCUT2D eigenvalue weighted by atomic mass is 9.64. The number of carbonyl (C=O) groups is 1. The number of halogens is 2. The molecule has 5 heteroatoms. The van der Waals surface area contributed by atoms with E-state index < -0.39 is 4.84 Å². The molecule has 3 nitrogen and oxygen atoms in total. The minimum absolute atomic E-state index is 0.0880. The Kier molecular flexibility index (Phi) is 3.16. The number of ether oxygens (including phenoxy) is 1. The van der Waals surface area contributed by atoms with Crippen LogP contribution in [0, 0.1) is 11.8 Å². The smallest absolute Gasteiger partial charge is 0.410 e. The second kappa shape index (κ2) is 4.51. The van der Waals surface area contributed by atoms with Crippen molar-refractivity contribution in [2.45, 2.75) is 49.0 Å². The minimum atomic E-state index is -0.628. The molecule has 96 valence electrons. The molecule has 2 aliphatic carbocycles. The zero-order chi connectivity index (χ0) is 12.0. The Morgan fingerprint density at radius 3 is 2.12 bits per heavy atom. The van der Waals surface area contributed by atoms with Gasteiger partial charge in [0.1, 0.15) is 11.4 Å². The molecule has 4 rings (SSSR count). The second-order valence-corrected chi connectivity index (χ2v) is 6.87. The van der Waals surface area contributed by atoms with Crippen molar-refractivity contribution in [3.63, 3.8) is 0 Å². The summed E-state index contributed by atoms with van der Waals surface area (Å²) in [6, 6.07) is 0.811. The van der Waals surface area contributed by atoms with Crippen LogP contribution in [0.3, 0.4) is 0 Å². The van der Waals surface area contributed by atoms with Crippen LogP contribution in [0.15, 0.2) is 0 Å². The quantitative estimate of drug-likeness (QED) is 0.726. The third kappa shape index (κ3) is 2.24. The van der Waals surface area contributed by atoms with Gasteiger partial charge in [-0.15, -0.1) is 23.2 Å². The zero-order valence-electron chi connectivity index (χ0n) is 9.65. The lowest BCUT2D eigenvalue weighted by Crippen LogP contribution is -2.60. The monoisotopic (exact) mass is 277 g/mol. The maximum Gasteiger partial charge on any atom is 0.410 e. The largest absolute Gasteiger partial charge is 0.447 e. The van der Waals surface area contributed by atoms with Crippen molar-refractivity contribution >= 4 is 29.3 Å². The van der Waals surface area contributed by atoms with Gasteiger partial charge in [-0.25, -0.2) is 4.79 Å². The van der Waals surface area contributed by atoms with Crippen LogP contribution in [-0.2, 0) is 4.74 Å². The first kappa shape index (κ1) is 11.9. The molecular formula is C12H17Cl2NO2. The summed E-state index contributed by atoms with van der Waals surface area (Å²) in [6.07, 6.45) is 5.80. The van der Waals surface area contributed by atoms with Gasteiger partial charge in [-0.3, -0.25) is 0 Å². The third-order valence-corrected chi connectivity index (χ3v) is 4.67. The standard InChI is InChI=1S/C12H17Cl2NO2/c13-11(14)6-17-12(16)15-9-2-7-1-8(4-9)5-10(15)3-7/h7-11H,1-6H2. The van der Waals surface area contributed by atoms with Gasteiger partial charge >= 0.3 is 6.09 Å². The van der Waals surface area contributed by atoms with Crippen molar-refractivity contribution in [3.8, 4) is 0 Å². The molecule has 0 aromatic carbocycles. The molecule has 17 heavy (non-hydrogen) atoms. The molecule has 2 heterocycles. The zero-order valence-corrected chi connectivity index (χ0v) is 11.2. The summed E-state index contributed by atoms with van der Waals surface area (Å²) in [6.45, 7) is 0.0880. The van der Waals surface area contributed by atoms with Crippen LogP contribution in [-0.4, -0.2) is 34.5 Å². The Bertz CT molecular complexity index is 294. The van der Waals surface area contributed by atoms with E-state index in [1.165, 1.54) is 6.42 Å². The Morgan fingerprint density at radius 2 is 1.65 bits per heavy atom. The molecule has 2 aliphatic heterocycles. The first-order chi connectivity index (χ1) is 8.13. The van der Waals surface area contributed by atoms with Crippen molar-refractivity contribution in [1.82, 2.24) is 4.90 Å². The van der Waals surface area contributed by atoms with Crippen LogP contribution in [0.2, 0.25) is 0 Å². The van der Waals surface area contributed by atoms with E-state index in [0.29, 0.717) is 12.1 Å². The van der Waals surface area contributed by atoms with Crippen LogP contribution in [0.4, 0.5) is 4.79 Å². The number of nitrogens with zero attached hydrogens (tertiary/aromatic N) is 1. The van der Waals surface area contributed by atoms with Gasteiger partial charge in [0.2, 0.25) is 0 Å². The summed E-state index contributed by atoms with van der Waals surface area (Å²) in [4.78, 5) is 13.4. The Labute approximate surface area is 111 Å². The molecule has 4 aliphatic rings. The van der Waals surface area contributed by atoms with Gasteiger partial charge in [0.25, 0.3) is 0 Å². The van der Waals surface area contributed by atoms with Gasteiger partial charge < -0.3 is 9.64 Å². The SMILES string of the molecule is O=C(OCC(Cl)Cl)N1C2CC3CC(C2)CC1C3. The number of amides is 1. The van der Waals surface area contributed by atoms with Gasteiger partial charge in [-0.1, -0.05) is 0 Å². The highest BCUT2D eigenvalue weighted by Crippen LogP contribution is 2.49. The molecule has 0 atom stereocenters. The Hall–Kier alpha value is -0.150. The van der Waals surface area contributed by atoms with Crippen LogP contribution in [0.5, 0.6) is 0 Å². The molecule has 0 N–H and O–H groups in total. The number of piperidine rings is 2. The molecule has 0 unspecified atom stereocenters. The van der Waals surface area contributed by atoms with Crippen molar-refractivity contribution < 1.29 is 9.53 Å². The topological polar surface area (TPSA) is 29.5 Å². The maximum absolute atomic E-state index is 12.0. The molecule has 0 aromatic heterocycles. The molecule has 0 spiro atoms. The summed E-state index contributed by atoms with van der Waals surface area (Å²) in [5, 5.41) is 0. The fourth-order valence-electron chi connectivity index (χ4n) is 4.04. The van der Waals surface area contributed by atoms with E-state index >= 15 is 0 Å². The number of hydrogen-bond acceptors (Lipinski definition) is 2. The average molecular weight is 278 g/mol. The first-order valence-electron chi connectivity index (χ1n) is 6.36. The average Bonchev–Trinajstić information content (AvgIpc) is 2.24. The van der Waals surface area contributed by atoms with E-state index in [4.69, 9.17) is 27.9 Å². The van der Waals surface area contributed by atoms with E-state index in [9.17, 15) is 4.79 Å². The highest BCUT2D eigenvalue weighted by molar-refractivity contribution is 6.44. The third-order valence-electron chi connectivity index (χ3n) is 4.42. The van der Waals surface area contributed by atoms with E-state index in [-0.39, 0.29) is 12.7 Å². The highest BCUT2D eigenvalue weighted by Gasteiger charge is 2.49. The fraction of sp³-hybridized carbons (Fsp3) is 0.917. The van der Waals surface area contributed by atoms with E-state index in [0.717, 1.165) is 37.5 Å². The molecular weight excluding hydrogens is 261 g/mol. The summed E-state index contributed by atoms with van der Waals surface area (Å²) in [5.41, 5.74) is 0. The number of carbonyl (C=O) groups excluding carboxylic acids is 1. The van der Waals surface area contributed by atoms with Crippen LogP contribution < -0.4 is 0 Å². The lowest BCUT2D eigenvalue weighted by molar-refractivity contribution is -0.0508. The fourth-order valence-corrected chi connectivity index (χ4v) is 4.17. The second-order valence-electron chi connectivity index (χ2n) is 5.59. The summed E-state index contributed by atoms with van der Waals surface area (Å²) >= 11 is 11.2. The predicted octanol–water partition coefficient (Wildman–Crippen LogP) is 3.19. The van der Waals surface area contributed by atoms with E-state index in [2.05, 4.69) is 0 Å². The van der Waals surface area contributed by atoms with Crippen molar-refractivity contribution in [2.24, 2.45) is 11.8 Å². The molecule has 0 radical (unpaired) electrons. The molecule has 2 saturated carbocycles. The molecule has 1 amide bonds. The first-order valence-corrected chi connectivity index (χ1v) is 7.24. The van der Waals surface area contributed by atoms with Crippen LogP contribution in [0.1, 0.15) is 32.1 Å². The molecule has 0 aromatic rings. The van der Waals surface area contributed by atoms with E-state index in [1.807, 2.05) is 4.90 Å². The number of alkyl halides is 2. The summed E-state index contributed by atoms with van der Waals surface area (Å²) < 4.78 is 5.15.